The minimum atomic E-state index is -0.874. The maximum absolute atomic E-state index is 12.2. The Hall–Kier alpha value is -3.35. The largest absolute Gasteiger partial charge is 0.488 e. The SMILES string of the molecule is CCc1ccccc1NC(=O)C(=O)N/N=C\c1ccccc1OCc1ccc(Cl)c(Cl)c1. The third-order valence-electron chi connectivity index (χ3n) is 4.52. The van der Waals surface area contributed by atoms with E-state index in [1.165, 1.54) is 6.21 Å². The van der Waals surface area contributed by atoms with Gasteiger partial charge in [0.2, 0.25) is 0 Å². The number of nitrogens with one attached hydrogen (secondary N) is 2. The first kappa shape index (κ1) is 23.3. The lowest BCUT2D eigenvalue weighted by Crippen LogP contribution is -2.32. The lowest BCUT2D eigenvalue weighted by Gasteiger charge is -2.10. The Bertz CT molecular complexity index is 1150. The van der Waals surface area contributed by atoms with Crippen LogP contribution in [0.2, 0.25) is 10.0 Å². The fraction of sp³-hybridized carbons (Fsp3) is 0.125. The molecule has 0 spiro atoms. The van der Waals surface area contributed by atoms with E-state index in [4.69, 9.17) is 27.9 Å². The van der Waals surface area contributed by atoms with E-state index in [1.54, 1.807) is 36.4 Å². The minimum absolute atomic E-state index is 0.271. The third kappa shape index (κ3) is 6.33. The molecule has 32 heavy (non-hydrogen) atoms. The molecule has 3 aromatic carbocycles. The van der Waals surface area contributed by atoms with Crippen LogP contribution in [-0.2, 0) is 22.6 Å². The number of hydrazone groups is 1. The first-order chi connectivity index (χ1) is 15.5. The summed E-state index contributed by atoms with van der Waals surface area (Å²) in [7, 11) is 0. The van der Waals surface area contributed by atoms with E-state index in [-0.39, 0.29) is 6.61 Å². The number of nitrogens with zero attached hydrogens (tertiary/aromatic N) is 1. The molecule has 8 heteroatoms. The van der Waals surface area contributed by atoms with E-state index in [1.807, 2.05) is 37.3 Å². The Morgan fingerprint density at radius 3 is 2.50 bits per heavy atom. The number of rotatable bonds is 7. The van der Waals surface area contributed by atoms with Crippen molar-refractivity contribution >= 4 is 46.9 Å². The molecule has 3 rings (SSSR count). The van der Waals surface area contributed by atoms with Crippen molar-refractivity contribution in [2.24, 2.45) is 5.10 Å². The van der Waals surface area contributed by atoms with Gasteiger partial charge in [0.15, 0.2) is 0 Å². The van der Waals surface area contributed by atoms with Crippen LogP contribution in [0.4, 0.5) is 5.69 Å². The zero-order valence-electron chi connectivity index (χ0n) is 17.3. The monoisotopic (exact) mass is 469 g/mol. The van der Waals surface area contributed by atoms with Gasteiger partial charge in [0.05, 0.1) is 16.3 Å². The second kappa shape index (κ2) is 11.3. The van der Waals surface area contributed by atoms with Crippen molar-refractivity contribution in [1.82, 2.24) is 5.43 Å². The maximum Gasteiger partial charge on any atom is 0.329 e. The molecule has 6 nitrogen and oxygen atoms in total. The van der Waals surface area contributed by atoms with Crippen LogP contribution in [0.25, 0.3) is 0 Å². The predicted octanol–water partition coefficient (Wildman–Crippen LogP) is 5.22. The molecule has 0 unspecified atom stereocenters. The van der Waals surface area contributed by atoms with Crippen molar-refractivity contribution in [1.29, 1.82) is 0 Å². The molecule has 0 heterocycles. The van der Waals surface area contributed by atoms with E-state index < -0.39 is 11.8 Å². The zero-order chi connectivity index (χ0) is 22.9. The summed E-state index contributed by atoms with van der Waals surface area (Å²) in [5, 5.41) is 7.41. The second-order valence-electron chi connectivity index (χ2n) is 6.74. The molecule has 2 N–H and O–H groups in total. The number of ether oxygens (including phenoxy) is 1. The van der Waals surface area contributed by atoms with E-state index in [0.717, 1.165) is 17.5 Å². The van der Waals surface area contributed by atoms with Gasteiger partial charge in [-0.2, -0.15) is 5.10 Å². The Kier molecular flexibility index (Phi) is 8.25. The number of amides is 2. The molecule has 0 saturated heterocycles. The first-order valence-corrected chi connectivity index (χ1v) is 10.6. The van der Waals surface area contributed by atoms with Gasteiger partial charge in [-0.15, -0.1) is 0 Å². The van der Waals surface area contributed by atoms with Gasteiger partial charge in [-0.05, 0) is 47.9 Å². The number of hydrogen-bond acceptors (Lipinski definition) is 4. The van der Waals surface area contributed by atoms with Gasteiger partial charge < -0.3 is 10.1 Å². The highest BCUT2D eigenvalue weighted by atomic mass is 35.5. The number of carbonyl (C=O) groups is 2. The fourth-order valence-electron chi connectivity index (χ4n) is 2.85. The number of benzene rings is 3. The molecule has 0 aliphatic carbocycles. The molecule has 0 bridgehead atoms. The molecule has 0 saturated carbocycles. The van der Waals surface area contributed by atoms with Crippen molar-refractivity contribution in [2.45, 2.75) is 20.0 Å². The Morgan fingerprint density at radius 1 is 0.969 bits per heavy atom. The van der Waals surface area contributed by atoms with E-state index in [0.29, 0.717) is 27.0 Å². The van der Waals surface area contributed by atoms with Gasteiger partial charge >= 0.3 is 11.8 Å². The summed E-state index contributed by atoms with van der Waals surface area (Å²) in [6.45, 7) is 2.24. The molecule has 0 atom stereocenters. The average molecular weight is 470 g/mol. The number of anilines is 1. The summed E-state index contributed by atoms with van der Waals surface area (Å²) < 4.78 is 5.84. The topological polar surface area (TPSA) is 79.8 Å². The Morgan fingerprint density at radius 2 is 1.72 bits per heavy atom. The van der Waals surface area contributed by atoms with Crippen LogP contribution in [0.15, 0.2) is 71.8 Å². The molecule has 164 valence electrons. The highest BCUT2D eigenvalue weighted by Crippen LogP contribution is 2.24. The molecule has 0 aliphatic rings. The third-order valence-corrected chi connectivity index (χ3v) is 5.26. The van der Waals surface area contributed by atoms with Crippen LogP contribution in [0.3, 0.4) is 0 Å². The van der Waals surface area contributed by atoms with Crippen LogP contribution in [-0.4, -0.2) is 18.0 Å². The van der Waals surface area contributed by atoms with E-state index >= 15 is 0 Å². The average Bonchev–Trinajstić information content (AvgIpc) is 2.80. The van der Waals surface area contributed by atoms with Gasteiger partial charge in [-0.3, -0.25) is 9.59 Å². The lowest BCUT2D eigenvalue weighted by atomic mass is 10.1. The summed E-state index contributed by atoms with van der Waals surface area (Å²) in [6.07, 6.45) is 2.14. The molecular weight excluding hydrogens is 449 g/mol. The Labute approximate surface area is 196 Å². The summed E-state index contributed by atoms with van der Waals surface area (Å²) in [5.74, 6) is -1.12. The van der Waals surface area contributed by atoms with Crippen LogP contribution < -0.4 is 15.5 Å². The normalized spacial score (nSPS) is 10.7. The van der Waals surface area contributed by atoms with Gasteiger partial charge in [0.1, 0.15) is 12.4 Å². The molecular formula is C24H21Cl2N3O3. The van der Waals surface area contributed by atoms with Crippen molar-refractivity contribution < 1.29 is 14.3 Å². The number of para-hydroxylation sites is 2. The number of carbonyl (C=O) groups excluding carboxylic acids is 2. The summed E-state index contributed by atoms with van der Waals surface area (Å²) in [5.41, 5.74) is 5.25. The summed E-state index contributed by atoms with van der Waals surface area (Å²) in [4.78, 5) is 24.3. The van der Waals surface area contributed by atoms with Gasteiger partial charge in [0.25, 0.3) is 0 Å². The fourth-order valence-corrected chi connectivity index (χ4v) is 3.17. The lowest BCUT2D eigenvalue weighted by molar-refractivity contribution is -0.136. The van der Waals surface area contributed by atoms with Crippen molar-refractivity contribution in [3.63, 3.8) is 0 Å². The van der Waals surface area contributed by atoms with E-state index in [9.17, 15) is 9.59 Å². The zero-order valence-corrected chi connectivity index (χ0v) is 18.8. The van der Waals surface area contributed by atoms with Crippen LogP contribution in [0.1, 0.15) is 23.6 Å². The molecule has 2 amide bonds. The van der Waals surface area contributed by atoms with Crippen molar-refractivity contribution in [2.75, 3.05) is 5.32 Å². The summed E-state index contributed by atoms with van der Waals surface area (Å²) in [6, 6.07) is 19.7. The molecule has 3 aromatic rings. The van der Waals surface area contributed by atoms with Gasteiger partial charge in [0, 0.05) is 11.3 Å². The van der Waals surface area contributed by atoms with Crippen molar-refractivity contribution in [3.05, 3.63) is 93.5 Å². The first-order valence-electron chi connectivity index (χ1n) is 9.86. The highest BCUT2D eigenvalue weighted by molar-refractivity contribution is 6.42. The van der Waals surface area contributed by atoms with Crippen molar-refractivity contribution in [3.8, 4) is 5.75 Å². The Balaban J connectivity index is 1.59. The molecule has 0 aliphatic heterocycles. The number of hydrogen-bond donors (Lipinski definition) is 2. The predicted molar refractivity (Wildman–Crippen MR) is 127 cm³/mol. The van der Waals surface area contributed by atoms with E-state index in [2.05, 4.69) is 15.8 Å². The second-order valence-corrected chi connectivity index (χ2v) is 7.55. The van der Waals surface area contributed by atoms with Crippen LogP contribution in [0, 0.1) is 0 Å². The van der Waals surface area contributed by atoms with Gasteiger partial charge in [-0.25, -0.2) is 5.43 Å². The molecule has 0 fully saturated rings. The molecule has 0 aromatic heterocycles. The standard InChI is InChI=1S/C24H21Cl2N3O3/c1-2-17-7-3-5-9-21(17)28-23(30)24(31)29-27-14-18-8-4-6-10-22(18)32-15-16-11-12-19(25)20(26)13-16/h3-14H,2,15H2,1H3,(H,28,30)(H,29,31)/b27-14-. The number of halogens is 2. The minimum Gasteiger partial charge on any atom is -0.488 e. The molecule has 0 radical (unpaired) electrons. The van der Waals surface area contributed by atoms with Crippen LogP contribution in [0.5, 0.6) is 5.75 Å². The number of aryl methyl sites for hydroxylation is 1. The van der Waals surface area contributed by atoms with Gasteiger partial charge in [-0.1, -0.05) is 66.5 Å². The van der Waals surface area contributed by atoms with Crippen LogP contribution >= 0.6 is 23.2 Å². The quantitative estimate of drug-likeness (QED) is 0.282. The highest BCUT2D eigenvalue weighted by Gasteiger charge is 2.14. The smallest absolute Gasteiger partial charge is 0.329 e. The summed E-state index contributed by atoms with van der Waals surface area (Å²) >= 11 is 12.0. The maximum atomic E-state index is 12.2.